The van der Waals surface area contributed by atoms with Gasteiger partial charge in [-0.3, -0.25) is 14.6 Å². The molecule has 4 rings (SSSR count). The first-order chi connectivity index (χ1) is 26.9. The quantitative estimate of drug-likeness (QED) is 0.134. The Hall–Kier alpha value is -3.10. The van der Waals surface area contributed by atoms with Gasteiger partial charge in [0.1, 0.15) is 24.3 Å². The highest BCUT2D eigenvalue weighted by atomic mass is 16.7. The zero-order valence-electron chi connectivity index (χ0n) is 36.1. The number of carbonyl (C=O) groups excluding carboxylic acids is 2. The van der Waals surface area contributed by atoms with Crippen LogP contribution in [0.15, 0.2) is 47.8 Å². The molecule has 2 aromatic rings. The van der Waals surface area contributed by atoms with E-state index in [1.165, 1.54) is 0 Å². The molecule has 0 radical (unpaired) electrons. The highest BCUT2D eigenvalue weighted by Crippen LogP contribution is 2.40. The Morgan fingerprint density at radius 1 is 1.05 bits per heavy atom. The summed E-state index contributed by atoms with van der Waals surface area (Å²) < 4.78 is 20.0. The highest BCUT2D eigenvalue weighted by Gasteiger charge is 2.51. The first kappa shape index (κ1) is 46.6. The minimum Gasteiger partial charge on any atom is -0.396 e. The van der Waals surface area contributed by atoms with Crippen LogP contribution in [0.25, 0.3) is 17.0 Å². The third-order valence-electron chi connectivity index (χ3n) is 12.4. The number of likely N-dealkylation sites (N-methyl/N-ethyl adjacent to an activating group) is 1. The van der Waals surface area contributed by atoms with E-state index in [4.69, 9.17) is 19.0 Å². The van der Waals surface area contributed by atoms with Gasteiger partial charge in [-0.25, -0.2) is 0 Å². The van der Waals surface area contributed by atoms with Gasteiger partial charge in [0.25, 0.3) is 0 Å². The van der Waals surface area contributed by atoms with Crippen LogP contribution in [0.1, 0.15) is 100.0 Å². The molecular weight excluding hydrogens is 727 g/mol. The number of para-hydroxylation sites is 1. The van der Waals surface area contributed by atoms with Crippen molar-refractivity contribution in [2.75, 3.05) is 27.3 Å². The van der Waals surface area contributed by atoms with Crippen molar-refractivity contribution >= 4 is 34.3 Å². The second-order valence-corrected chi connectivity index (χ2v) is 17.2. The van der Waals surface area contributed by atoms with Crippen LogP contribution < -0.4 is 0 Å². The van der Waals surface area contributed by atoms with Crippen molar-refractivity contribution < 1.29 is 44.0 Å². The molecule has 2 aliphatic rings. The van der Waals surface area contributed by atoms with E-state index in [-0.39, 0.29) is 43.2 Å². The largest absolute Gasteiger partial charge is 0.396 e. The Morgan fingerprint density at radius 3 is 2.42 bits per heavy atom. The van der Waals surface area contributed by atoms with Gasteiger partial charge in [0.05, 0.1) is 53.3 Å². The van der Waals surface area contributed by atoms with E-state index in [9.17, 15) is 24.9 Å². The van der Waals surface area contributed by atoms with Crippen molar-refractivity contribution in [2.45, 2.75) is 142 Å². The highest BCUT2D eigenvalue weighted by molar-refractivity contribution is 6.03. The first-order valence-electron chi connectivity index (χ1n) is 20.8. The van der Waals surface area contributed by atoms with Crippen LogP contribution >= 0.6 is 0 Å². The number of aliphatic hydroxyl groups is 3. The molecule has 12 nitrogen and oxygen atoms in total. The fourth-order valence-corrected chi connectivity index (χ4v) is 8.79. The minimum absolute atomic E-state index is 0.110. The predicted octanol–water partition coefficient (Wildman–Crippen LogP) is 6.23. The third-order valence-corrected chi connectivity index (χ3v) is 12.4. The van der Waals surface area contributed by atoms with Crippen LogP contribution in [0.2, 0.25) is 0 Å². The molecule has 1 aliphatic carbocycles. The topological polar surface area (TPSA) is 160 Å². The van der Waals surface area contributed by atoms with Crippen molar-refractivity contribution in [3.05, 3.63) is 48.2 Å². The maximum absolute atomic E-state index is 14.6. The molecule has 2 fully saturated rings. The number of fused-ring (bicyclic) bond motifs is 1. The molecule has 1 aromatic carbocycles. The number of aliphatic hydroxyl groups excluding tert-OH is 2. The van der Waals surface area contributed by atoms with Gasteiger partial charge >= 0.3 is 0 Å². The molecule has 12 heteroatoms. The summed E-state index contributed by atoms with van der Waals surface area (Å²) in [6.45, 7) is 16.7. The van der Waals surface area contributed by atoms with E-state index in [0.29, 0.717) is 31.6 Å². The molecule has 2 heterocycles. The lowest BCUT2D eigenvalue weighted by Crippen LogP contribution is -2.59. The van der Waals surface area contributed by atoms with Crippen molar-refractivity contribution in [2.24, 2.45) is 34.7 Å². The monoisotopic (exact) mass is 796 g/mol. The van der Waals surface area contributed by atoms with Gasteiger partial charge in [0.2, 0.25) is 0 Å². The van der Waals surface area contributed by atoms with Crippen LogP contribution in [-0.2, 0) is 28.6 Å². The number of aromatic nitrogens is 1. The average Bonchev–Trinajstić information content (AvgIpc) is 3.18. The first-order valence-corrected chi connectivity index (χ1v) is 20.8. The summed E-state index contributed by atoms with van der Waals surface area (Å²) in [7, 11) is 3.79. The summed E-state index contributed by atoms with van der Waals surface area (Å²) in [5.74, 6) is -4.39. The molecule has 13 atom stereocenters. The zero-order chi connectivity index (χ0) is 42.2. The minimum atomic E-state index is -1.68. The normalized spacial score (nSPS) is 37.2. The number of rotatable bonds is 11. The van der Waals surface area contributed by atoms with Gasteiger partial charge in [-0.1, -0.05) is 76.5 Å². The lowest BCUT2D eigenvalue weighted by Gasteiger charge is -2.47. The SMILES string of the molecule is CCCO/N=C1\[C@H](C)C[C@](C)(OC/C=C/c2cnc3ccccc3c2)[C@H](O[C@@H]2O[C@H](C)C[C@H](N(C)C)[C@H]2O)[C@@H](C)C(=O)[C@@H](C)C(=O)C[C@@H](CC)[C@@](C)(O)[C@H](O)[C@@H]1C. The number of benzene rings is 1. The molecule has 0 spiro atoms. The van der Waals surface area contributed by atoms with E-state index in [0.717, 1.165) is 16.5 Å². The van der Waals surface area contributed by atoms with Crippen molar-refractivity contribution in [3.63, 3.8) is 0 Å². The number of Topliss-reactive ketones (excluding diaryl/α,β-unsaturated/α-hetero) is 2. The molecule has 0 unspecified atom stereocenters. The molecule has 318 valence electrons. The van der Waals surface area contributed by atoms with E-state index in [2.05, 4.69) is 10.1 Å². The number of hydrogen-bond acceptors (Lipinski definition) is 12. The molecule has 57 heavy (non-hydrogen) atoms. The Labute approximate surface area is 340 Å². The second kappa shape index (κ2) is 20.2. The number of pyridine rings is 1. The molecular formula is C45H69N3O9. The van der Waals surface area contributed by atoms with Crippen LogP contribution in [0, 0.1) is 29.6 Å². The number of ketones is 2. The standard InChI is InChI=1S/C45H69N3O9/c1-12-20-55-47-38-27(3)25-44(8,54-21-16-17-32-23-33-18-14-15-19-35(33)46-26-32)42(57-43-40(51)36(48(10)11)22-28(4)56-43)31(7)39(50)29(5)37(49)24-34(13-2)45(9,53)41(52)30(38)6/h14-19,23,26-31,34,36,40-43,51-53H,12-13,20-22,24-25H2,1-11H3/b17-16+,47-38+/t27-,28-,29+,30-,31+,34-,36+,40-,41-,42-,43+,44+,45-/m1/s1. The van der Waals surface area contributed by atoms with Crippen LogP contribution in [-0.4, -0.2) is 118 Å². The van der Waals surface area contributed by atoms with Crippen LogP contribution in [0.4, 0.5) is 0 Å². The summed E-state index contributed by atoms with van der Waals surface area (Å²) in [5, 5.41) is 41.1. The van der Waals surface area contributed by atoms with Gasteiger partial charge in [-0.2, -0.15) is 0 Å². The summed E-state index contributed by atoms with van der Waals surface area (Å²) in [5.41, 5.74) is -0.674. The molecule has 0 amide bonds. The average molecular weight is 796 g/mol. The van der Waals surface area contributed by atoms with Crippen molar-refractivity contribution in [1.82, 2.24) is 9.88 Å². The summed E-state index contributed by atoms with van der Waals surface area (Å²) >= 11 is 0. The molecule has 1 saturated heterocycles. The maximum Gasteiger partial charge on any atom is 0.185 e. The fraction of sp³-hybridized carbons (Fsp3) is 0.689. The fourth-order valence-electron chi connectivity index (χ4n) is 8.79. The van der Waals surface area contributed by atoms with Gasteiger partial charge in [-0.15, -0.1) is 0 Å². The molecule has 1 saturated carbocycles. The Kier molecular flexibility index (Phi) is 16.5. The Balaban J connectivity index is 1.85. The smallest absolute Gasteiger partial charge is 0.185 e. The van der Waals surface area contributed by atoms with Gasteiger partial charge < -0.3 is 39.3 Å². The summed E-state index contributed by atoms with van der Waals surface area (Å²) in [6, 6.07) is 9.65. The maximum atomic E-state index is 14.6. The number of nitrogens with zero attached hydrogens (tertiary/aromatic N) is 3. The van der Waals surface area contributed by atoms with Gasteiger partial charge in [0.15, 0.2) is 6.29 Å². The van der Waals surface area contributed by atoms with Gasteiger partial charge in [-0.05, 0) is 84.7 Å². The van der Waals surface area contributed by atoms with E-state index < -0.39 is 65.4 Å². The predicted molar refractivity (Wildman–Crippen MR) is 222 cm³/mol. The Bertz CT molecular complexity index is 1700. The number of carbonyl (C=O) groups is 2. The Morgan fingerprint density at radius 2 is 1.75 bits per heavy atom. The van der Waals surface area contributed by atoms with E-state index >= 15 is 0 Å². The number of ether oxygens (including phenoxy) is 3. The van der Waals surface area contributed by atoms with Crippen LogP contribution in [0.3, 0.4) is 0 Å². The lowest BCUT2D eigenvalue weighted by molar-refractivity contribution is -0.296. The molecule has 1 aromatic heterocycles. The van der Waals surface area contributed by atoms with Crippen molar-refractivity contribution in [3.8, 4) is 0 Å². The summed E-state index contributed by atoms with van der Waals surface area (Å²) in [4.78, 5) is 40.8. The molecule has 3 N–H and O–H groups in total. The second-order valence-electron chi connectivity index (χ2n) is 17.2. The van der Waals surface area contributed by atoms with Crippen LogP contribution in [0.5, 0.6) is 0 Å². The lowest BCUT2D eigenvalue weighted by atomic mass is 9.70. The summed E-state index contributed by atoms with van der Waals surface area (Å²) in [6.07, 6.45) is 2.67. The third kappa shape index (κ3) is 11.1. The van der Waals surface area contributed by atoms with E-state index in [1.807, 2.05) is 96.1 Å². The van der Waals surface area contributed by atoms with Crippen molar-refractivity contribution in [1.29, 1.82) is 0 Å². The number of oxime groups is 1. The number of hydrogen-bond donors (Lipinski definition) is 3. The molecule has 1 aliphatic heterocycles. The van der Waals surface area contributed by atoms with Gasteiger partial charge in [0, 0.05) is 41.8 Å². The van der Waals surface area contributed by atoms with E-state index in [1.54, 1.807) is 33.9 Å². The molecule has 0 bridgehead atoms. The zero-order valence-corrected chi connectivity index (χ0v) is 36.1.